The SMILES string of the molecule is FCC(F)(F)C(F)(F)C(F)(F)C1(F)OC(=C(F)F)OC1(F)F. The topological polar surface area (TPSA) is 18.5 Å². The third kappa shape index (κ3) is 2.14. The molecule has 0 radical (unpaired) electrons. The van der Waals surface area contributed by atoms with Crippen LogP contribution in [0.5, 0.6) is 0 Å². The Balaban J connectivity index is 3.47. The van der Waals surface area contributed by atoms with Gasteiger partial charge in [-0.15, -0.1) is 0 Å². The van der Waals surface area contributed by atoms with Crippen molar-refractivity contribution in [2.45, 2.75) is 29.7 Å². The second kappa shape index (κ2) is 4.75. The van der Waals surface area contributed by atoms with Crippen molar-refractivity contribution in [3.05, 3.63) is 12.0 Å². The van der Waals surface area contributed by atoms with Crippen LogP contribution in [0.4, 0.5) is 52.7 Å². The van der Waals surface area contributed by atoms with E-state index in [9.17, 15) is 52.7 Å². The van der Waals surface area contributed by atoms with Gasteiger partial charge in [-0.3, -0.25) is 0 Å². The minimum Gasteiger partial charge on any atom is -0.409 e. The van der Waals surface area contributed by atoms with Crippen LogP contribution in [-0.2, 0) is 9.47 Å². The smallest absolute Gasteiger partial charge is 0.409 e. The van der Waals surface area contributed by atoms with Crippen molar-refractivity contribution in [3.63, 3.8) is 0 Å². The minimum atomic E-state index is -7.16. The van der Waals surface area contributed by atoms with Crippen molar-refractivity contribution in [1.82, 2.24) is 0 Å². The molecule has 22 heavy (non-hydrogen) atoms. The Morgan fingerprint density at radius 2 is 1.36 bits per heavy atom. The molecule has 1 heterocycles. The fraction of sp³-hybridized carbons (Fsp3) is 0.750. The zero-order chi connectivity index (χ0) is 17.8. The number of alkyl halides is 10. The molecule has 0 N–H and O–H groups in total. The molecule has 1 unspecified atom stereocenters. The molecule has 1 fully saturated rings. The summed E-state index contributed by atoms with van der Waals surface area (Å²) in [6, 6.07) is 0. The van der Waals surface area contributed by atoms with E-state index < -0.39 is 48.4 Å². The quantitative estimate of drug-likeness (QED) is 0.701. The van der Waals surface area contributed by atoms with Crippen LogP contribution in [0.1, 0.15) is 0 Å². The Labute approximate surface area is 112 Å². The van der Waals surface area contributed by atoms with Gasteiger partial charge < -0.3 is 9.47 Å². The maximum absolute atomic E-state index is 13.5. The highest BCUT2D eigenvalue weighted by molar-refractivity contribution is 5.12. The largest absolute Gasteiger partial charge is 0.480 e. The highest BCUT2D eigenvalue weighted by Gasteiger charge is 2.90. The summed E-state index contributed by atoms with van der Waals surface area (Å²) in [5.41, 5.74) is 0. The van der Waals surface area contributed by atoms with E-state index in [1.807, 2.05) is 0 Å². The van der Waals surface area contributed by atoms with Crippen molar-refractivity contribution < 1.29 is 62.2 Å². The first kappa shape index (κ1) is 18.5. The van der Waals surface area contributed by atoms with Gasteiger partial charge in [-0.2, -0.15) is 48.3 Å². The summed E-state index contributed by atoms with van der Waals surface area (Å²) in [6.07, 6.45) is -9.67. The second-order valence-electron chi connectivity index (χ2n) is 3.85. The van der Waals surface area contributed by atoms with Gasteiger partial charge in [0.25, 0.3) is 0 Å². The number of ether oxygens (including phenoxy) is 2. The van der Waals surface area contributed by atoms with Crippen molar-refractivity contribution in [2.75, 3.05) is 6.67 Å². The van der Waals surface area contributed by atoms with Crippen LogP contribution >= 0.6 is 0 Å². The molecule has 1 saturated heterocycles. The second-order valence-corrected chi connectivity index (χ2v) is 3.85. The van der Waals surface area contributed by atoms with Crippen LogP contribution in [-0.4, -0.2) is 36.4 Å². The molecule has 0 aliphatic carbocycles. The predicted molar refractivity (Wildman–Crippen MR) is 41.0 cm³/mol. The molecule has 1 rings (SSSR count). The molecule has 2 nitrogen and oxygen atoms in total. The predicted octanol–water partition coefficient (Wildman–Crippen LogP) is 4.23. The van der Waals surface area contributed by atoms with E-state index in [1.165, 1.54) is 0 Å². The van der Waals surface area contributed by atoms with E-state index in [4.69, 9.17) is 0 Å². The zero-order valence-corrected chi connectivity index (χ0v) is 9.56. The van der Waals surface area contributed by atoms with E-state index in [0.29, 0.717) is 0 Å². The average Bonchev–Trinajstić information content (AvgIpc) is 2.61. The monoisotopic (exact) mass is 358 g/mol. The third-order valence-electron chi connectivity index (χ3n) is 2.41. The van der Waals surface area contributed by atoms with E-state index in [0.717, 1.165) is 0 Å². The number of hydrogen-bond donors (Lipinski definition) is 0. The molecule has 0 amide bonds. The summed E-state index contributed by atoms with van der Waals surface area (Å²) in [7, 11) is 0. The Morgan fingerprint density at radius 1 is 0.909 bits per heavy atom. The fourth-order valence-electron chi connectivity index (χ4n) is 1.23. The summed E-state index contributed by atoms with van der Waals surface area (Å²) < 4.78 is 157. The Bertz CT molecular complexity index is 482. The molecule has 0 aromatic heterocycles. The number of halogens is 12. The number of hydrogen-bond acceptors (Lipinski definition) is 2. The lowest BCUT2D eigenvalue weighted by Crippen LogP contribution is -2.68. The molecule has 14 heteroatoms. The standard InChI is InChI=1S/C8H2F12O2/c9-1-4(12,13)5(14,15)6(16,17)7(18)8(19,20)22-3(21-7)2(10)11/h1H2. The maximum atomic E-state index is 13.5. The summed E-state index contributed by atoms with van der Waals surface area (Å²) >= 11 is 0. The van der Waals surface area contributed by atoms with Crippen LogP contribution in [0.15, 0.2) is 12.0 Å². The highest BCUT2D eigenvalue weighted by atomic mass is 19.4. The molecule has 0 bridgehead atoms. The third-order valence-corrected chi connectivity index (χ3v) is 2.41. The van der Waals surface area contributed by atoms with Crippen molar-refractivity contribution in [2.24, 2.45) is 0 Å². The van der Waals surface area contributed by atoms with Gasteiger partial charge in [0, 0.05) is 0 Å². The molecule has 1 aliphatic heterocycles. The fourth-order valence-corrected chi connectivity index (χ4v) is 1.23. The maximum Gasteiger partial charge on any atom is 0.480 e. The zero-order valence-electron chi connectivity index (χ0n) is 9.56. The van der Waals surface area contributed by atoms with Crippen LogP contribution < -0.4 is 0 Å². The molecule has 1 aliphatic rings. The normalized spacial score (nSPS) is 25.7. The molecular formula is C8H2F12O2. The van der Waals surface area contributed by atoms with Crippen molar-refractivity contribution in [3.8, 4) is 0 Å². The Kier molecular flexibility index (Phi) is 4.00. The van der Waals surface area contributed by atoms with Crippen LogP contribution in [0.2, 0.25) is 0 Å². The molecular weight excluding hydrogens is 356 g/mol. The van der Waals surface area contributed by atoms with Crippen molar-refractivity contribution in [1.29, 1.82) is 0 Å². The minimum absolute atomic E-state index is 2.60. The van der Waals surface area contributed by atoms with Gasteiger partial charge in [-0.25, -0.2) is 4.39 Å². The number of rotatable bonds is 4. The first-order valence-electron chi connectivity index (χ1n) is 4.77. The highest BCUT2D eigenvalue weighted by Crippen LogP contribution is 2.60. The van der Waals surface area contributed by atoms with Crippen LogP contribution in [0, 0.1) is 0 Å². The first-order valence-corrected chi connectivity index (χ1v) is 4.77. The molecule has 0 spiro atoms. The molecule has 0 aromatic rings. The van der Waals surface area contributed by atoms with Gasteiger partial charge in [0.1, 0.15) is 0 Å². The van der Waals surface area contributed by atoms with Gasteiger partial charge in [0.2, 0.25) is 0 Å². The summed E-state index contributed by atoms with van der Waals surface area (Å²) in [5.74, 6) is -29.9. The lowest BCUT2D eigenvalue weighted by Gasteiger charge is -2.37. The Morgan fingerprint density at radius 3 is 1.68 bits per heavy atom. The summed E-state index contributed by atoms with van der Waals surface area (Å²) in [6.45, 7) is -3.49. The van der Waals surface area contributed by atoms with Gasteiger partial charge in [0.15, 0.2) is 6.67 Å². The van der Waals surface area contributed by atoms with Gasteiger partial charge >= 0.3 is 41.8 Å². The van der Waals surface area contributed by atoms with E-state index in [-0.39, 0.29) is 0 Å². The lowest BCUT2D eigenvalue weighted by atomic mass is 9.97. The molecule has 0 aromatic carbocycles. The van der Waals surface area contributed by atoms with E-state index >= 15 is 0 Å². The van der Waals surface area contributed by atoms with Gasteiger partial charge in [0.05, 0.1) is 0 Å². The van der Waals surface area contributed by atoms with Crippen LogP contribution in [0.3, 0.4) is 0 Å². The Hall–Kier alpha value is -1.50. The van der Waals surface area contributed by atoms with Crippen molar-refractivity contribution >= 4 is 0 Å². The van der Waals surface area contributed by atoms with Gasteiger partial charge in [-0.05, 0) is 0 Å². The first-order chi connectivity index (χ1) is 9.57. The summed E-state index contributed by atoms with van der Waals surface area (Å²) in [5, 5.41) is 0. The van der Waals surface area contributed by atoms with E-state index in [2.05, 4.69) is 9.47 Å². The molecule has 130 valence electrons. The van der Waals surface area contributed by atoms with Gasteiger partial charge in [-0.1, -0.05) is 0 Å². The lowest BCUT2D eigenvalue weighted by molar-refractivity contribution is -0.425. The summed E-state index contributed by atoms with van der Waals surface area (Å²) in [4.78, 5) is 0. The molecule has 0 saturated carbocycles. The van der Waals surface area contributed by atoms with E-state index in [1.54, 1.807) is 0 Å². The molecule has 1 atom stereocenters. The average molecular weight is 358 g/mol. The van der Waals surface area contributed by atoms with Crippen LogP contribution in [0.25, 0.3) is 0 Å².